The second-order valence-corrected chi connectivity index (χ2v) is 8.56. The normalized spacial score (nSPS) is 15.2. The molecule has 34 heavy (non-hydrogen) atoms. The second kappa shape index (κ2) is 9.58. The van der Waals surface area contributed by atoms with Gasteiger partial charge in [0.25, 0.3) is 5.91 Å². The first-order valence-electron chi connectivity index (χ1n) is 11.2. The number of ether oxygens (including phenoxy) is 1. The molecule has 1 aliphatic rings. The molecule has 4 aromatic rings. The van der Waals surface area contributed by atoms with Gasteiger partial charge in [0.15, 0.2) is 0 Å². The smallest absolute Gasteiger partial charge is 0.299 e. The molecule has 0 spiro atoms. The van der Waals surface area contributed by atoms with Crippen molar-refractivity contribution in [3.8, 4) is 28.8 Å². The Hall–Kier alpha value is -3.82. The lowest BCUT2D eigenvalue weighted by Gasteiger charge is -2.21. The van der Waals surface area contributed by atoms with Crippen LogP contribution in [-0.2, 0) is 11.4 Å². The van der Waals surface area contributed by atoms with Gasteiger partial charge in [-0.3, -0.25) is 14.2 Å². The van der Waals surface area contributed by atoms with E-state index in [0.717, 1.165) is 46.8 Å². The van der Waals surface area contributed by atoms with Gasteiger partial charge in [0.05, 0.1) is 23.4 Å². The van der Waals surface area contributed by atoms with E-state index in [1.807, 2.05) is 70.2 Å². The average molecular weight is 471 g/mol. The lowest BCUT2D eigenvalue weighted by atomic mass is 10.1. The van der Waals surface area contributed by atoms with Crippen molar-refractivity contribution in [2.24, 2.45) is 0 Å². The van der Waals surface area contributed by atoms with Gasteiger partial charge in [-0.2, -0.15) is 0 Å². The van der Waals surface area contributed by atoms with E-state index < -0.39 is 0 Å². The molecular weight excluding hydrogens is 448 g/mol. The van der Waals surface area contributed by atoms with E-state index in [9.17, 15) is 4.79 Å². The number of amides is 1. The summed E-state index contributed by atoms with van der Waals surface area (Å²) in [5.74, 6) is 6.83. The maximum atomic E-state index is 12.5. The Morgan fingerprint density at radius 1 is 1.24 bits per heavy atom. The Labute approximate surface area is 203 Å². The van der Waals surface area contributed by atoms with E-state index in [1.54, 1.807) is 13.1 Å². The Bertz CT molecular complexity index is 1400. The number of carbonyl (C=O) groups excluding carboxylic acids is 1. The fourth-order valence-electron chi connectivity index (χ4n) is 4.37. The minimum atomic E-state index is -0.154. The zero-order chi connectivity index (χ0) is 23.5. The fraction of sp³-hybridized carbons (Fsp3) is 0.222. The van der Waals surface area contributed by atoms with Crippen molar-refractivity contribution in [2.45, 2.75) is 32.4 Å². The third kappa shape index (κ3) is 4.35. The number of nitrogens with zero attached hydrogens (tertiary/aromatic N) is 4. The molecule has 0 saturated carbocycles. The van der Waals surface area contributed by atoms with Crippen LogP contribution in [0.3, 0.4) is 0 Å². The third-order valence-electron chi connectivity index (χ3n) is 5.94. The summed E-state index contributed by atoms with van der Waals surface area (Å²) in [5.41, 5.74) is 3.68. The number of fused-ring (bicyclic) bond motifs is 1. The first-order valence-corrected chi connectivity index (χ1v) is 11.5. The van der Waals surface area contributed by atoms with E-state index in [2.05, 4.69) is 16.8 Å². The van der Waals surface area contributed by atoms with Crippen LogP contribution in [0.4, 0.5) is 0 Å². The lowest BCUT2D eigenvalue weighted by molar-refractivity contribution is -0.126. The molecule has 1 amide bonds. The van der Waals surface area contributed by atoms with Gasteiger partial charge in [-0.05, 0) is 67.6 Å². The molecule has 0 aliphatic carbocycles. The summed E-state index contributed by atoms with van der Waals surface area (Å²) < 4.78 is 7.95. The number of carbonyl (C=O) groups is 1. The molecule has 0 unspecified atom stereocenters. The van der Waals surface area contributed by atoms with Gasteiger partial charge in [0, 0.05) is 29.5 Å². The Kier molecular flexibility index (Phi) is 6.20. The second-order valence-electron chi connectivity index (χ2n) is 8.12. The highest BCUT2D eigenvalue weighted by molar-refractivity contribution is 6.30. The Morgan fingerprint density at radius 2 is 2.09 bits per heavy atom. The highest BCUT2D eigenvalue weighted by Gasteiger charge is 2.33. The van der Waals surface area contributed by atoms with Crippen LogP contribution in [0.1, 0.15) is 37.2 Å². The van der Waals surface area contributed by atoms with Crippen molar-refractivity contribution in [2.75, 3.05) is 6.54 Å². The Balaban J connectivity index is 1.43. The van der Waals surface area contributed by atoms with Crippen LogP contribution in [0.15, 0.2) is 67.1 Å². The molecule has 6 nitrogen and oxygen atoms in total. The highest BCUT2D eigenvalue weighted by Crippen LogP contribution is 2.35. The zero-order valence-corrected chi connectivity index (χ0v) is 19.5. The average Bonchev–Trinajstić information content (AvgIpc) is 3.48. The molecule has 7 heteroatoms. The van der Waals surface area contributed by atoms with Crippen LogP contribution < -0.4 is 4.74 Å². The van der Waals surface area contributed by atoms with Crippen LogP contribution >= 0.6 is 11.6 Å². The molecule has 2 aromatic heterocycles. The van der Waals surface area contributed by atoms with E-state index >= 15 is 0 Å². The van der Waals surface area contributed by atoms with Gasteiger partial charge in [-0.25, -0.2) is 4.98 Å². The molecule has 1 atom stereocenters. The predicted molar refractivity (Wildman–Crippen MR) is 131 cm³/mol. The summed E-state index contributed by atoms with van der Waals surface area (Å²) in [7, 11) is 0. The molecule has 5 rings (SSSR count). The monoisotopic (exact) mass is 470 g/mol. The SMILES string of the molecule is CC#CC(=O)N1CCC[C@H]1c1nc(-c2ccc(OCc3cccc(Cl)c3)cc2)c2cnccn12. The van der Waals surface area contributed by atoms with Gasteiger partial charge in [0.2, 0.25) is 0 Å². The van der Waals surface area contributed by atoms with Crippen molar-refractivity contribution in [3.05, 3.63) is 83.5 Å². The van der Waals surface area contributed by atoms with E-state index in [0.29, 0.717) is 18.2 Å². The van der Waals surface area contributed by atoms with Gasteiger partial charge >= 0.3 is 0 Å². The molecule has 1 saturated heterocycles. The molecular formula is C27H23ClN4O2. The summed E-state index contributed by atoms with van der Waals surface area (Å²) in [6.45, 7) is 2.81. The summed E-state index contributed by atoms with van der Waals surface area (Å²) in [6.07, 6.45) is 7.23. The van der Waals surface area contributed by atoms with E-state index in [-0.39, 0.29) is 11.9 Å². The minimum absolute atomic E-state index is 0.114. The molecule has 3 heterocycles. The van der Waals surface area contributed by atoms with Gasteiger partial charge in [-0.15, -0.1) is 0 Å². The molecule has 2 aromatic carbocycles. The number of halogens is 1. The Morgan fingerprint density at radius 3 is 2.88 bits per heavy atom. The topological polar surface area (TPSA) is 59.7 Å². The van der Waals surface area contributed by atoms with Crippen LogP contribution in [-0.4, -0.2) is 31.7 Å². The van der Waals surface area contributed by atoms with Crippen molar-refractivity contribution in [1.29, 1.82) is 0 Å². The van der Waals surface area contributed by atoms with Crippen molar-refractivity contribution in [3.63, 3.8) is 0 Å². The fourth-order valence-corrected chi connectivity index (χ4v) is 4.58. The molecule has 1 aliphatic heterocycles. The number of aromatic nitrogens is 3. The van der Waals surface area contributed by atoms with Crippen molar-refractivity contribution in [1.82, 2.24) is 19.3 Å². The molecule has 0 N–H and O–H groups in total. The predicted octanol–water partition coefficient (Wildman–Crippen LogP) is 5.32. The third-order valence-corrected chi connectivity index (χ3v) is 6.17. The maximum absolute atomic E-state index is 12.5. The van der Waals surface area contributed by atoms with Crippen LogP contribution in [0.5, 0.6) is 5.75 Å². The number of imidazole rings is 1. The first-order chi connectivity index (χ1) is 16.6. The number of hydrogen-bond acceptors (Lipinski definition) is 4. The number of rotatable bonds is 5. The van der Waals surface area contributed by atoms with E-state index in [4.69, 9.17) is 21.3 Å². The molecule has 170 valence electrons. The number of hydrogen-bond donors (Lipinski definition) is 0. The largest absolute Gasteiger partial charge is 0.489 e. The highest BCUT2D eigenvalue weighted by atomic mass is 35.5. The quantitative estimate of drug-likeness (QED) is 0.370. The molecule has 0 bridgehead atoms. The summed E-state index contributed by atoms with van der Waals surface area (Å²) in [4.78, 5) is 23.7. The van der Waals surface area contributed by atoms with Crippen molar-refractivity contribution < 1.29 is 9.53 Å². The summed E-state index contributed by atoms with van der Waals surface area (Å²) >= 11 is 6.06. The van der Waals surface area contributed by atoms with Crippen LogP contribution in [0.25, 0.3) is 16.8 Å². The zero-order valence-electron chi connectivity index (χ0n) is 18.7. The lowest BCUT2D eigenvalue weighted by Crippen LogP contribution is -2.30. The first kappa shape index (κ1) is 22.0. The molecule has 0 radical (unpaired) electrons. The summed E-state index contributed by atoms with van der Waals surface area (Å²) in [6, 6.07) is 15.4. The van der Waals surface area contributed by atoms with Crippen LogP contribution in [0.2, 0.25) is 5.02 Å². The summed E-state index contributed by atoms with van der Waals surface area (Å²) in [5, 5.41) is 0.691. The number of likely N-dealkylation sites (tertiary alicyclic amines) is 1. The van der Waals surface area contributed by atoms with Gasteiger partial charge in [0.1, 0.15) is 18.2 Å². The van der Waals surface area contributed by atoms with Crippen molar-refractivity contribution >= 4 is 23.0 Å². The van der Waals surface area contributed by atoms with E-state index in [1.165, 1.54) is 0 Å². The number of benzene rings is 2. The standard InChI is InChI=1S/C27H23ClN4O2/c1-2-5-25(33)31-14-4-8-23(31)27-30-26(24-17-29-13-15-32(24)27)20-9-11-22(12-10-20)34-18-19-6-3-7-21(28)16-19/h3,6-7,9-13,15-17,23H,4,8,14,18H2,1H3/t23-/m0/s1. The minimum Gasteiger partial charge on any atom is -0.489 e. The van der Waals surface area contributed by atoms with Crippen LogP contribution in [0, 0.1) is 11.8 Å². The maximum Gasteiger partial charge on any atom is 0.299 e. The molecule has 1 fully saturated rings. The van der Waals surface area contributed by atoms with Gasteiger partial charge < -0.3 is 9.64 Å². The van der Waals surface area contributed by atoms with Gasteiger partial charge in [-0.1, -0.05) is 29.7 Å².